The molecule has 0 aliphatic carbocycles. The van der Waals surface area contributed by atoms with Crippen molar-refractivity contribution < 1.29 is 14.3 Å². The minimum absolute atomic E-state index is 0.102. The molecule has 0 fully saturated rings. The zero-order valence-corrected chi connectivity index (χ0v) is 20.5. The number of alkyl halides is 1. The van der Waals surface area contributed by atoms with Crippen LogP contribution in [-0.2, 0) is 9.53 Å². The Labute approximate surface area is 197 Å². The van der Waals surface area contributed by atoms with Crippen LogP contribution in [0, 0.1) is 18.3 Å². The van der Waals surface area contributed by atoms with Crippen LogP contribution < -0.4 is 15.8 Å². The number of hydrogen-bond donors (Lipinski definition) is 2. The van der Waals surface area contributed by atoms with Gasteiger partial charge in [0.05, 0.1) is 28.7 Å². The molecule has 8 heteroatoms. The lowest BCUT2D eigenvalue weighted by Gasteiger charge is -2.30. The number of benzene rings is 2. The Hall–Kier alpha value is -3.05. The number of hydrazine groups is 1. The third kappa shape index (κ3) is 7.57. The number of halogens is 1. The van der Waals surface area contributed by atoms with E-state index in [-0.39, 0.29) is 5.91 Å². The van der Waals surface area contributed by atoms with E-state index >= 15 is 0 Å². The van der Waals surface area contributed by atoms with Crippen molar-refractivity contribution in [1.29, 1.82) is 5.26 Å². The predicted octanol–water partition coefficient (Wildman–Crippen LogP) is 5.95. The molecular formula is C24H29BrN4O3. The number of ether oxygens (including phenoxy) is 1. The molecule has 0 aliphatic rings. The summed E-state index contributed by atoms with van der Waals surface area (Å²) in [5.74, 6) is -0.102. The highest BCUT2D eigenvalue weighted by Crippen LogP contribution is 2.34. The first-order chi connectivity index (χ1) is 15.1. The Morgan fingerprint density at radius 2 is 1.81 bits per heavy atom. The first-order valence-corrected chi connectivity index (χ1v) is 11.5. The van der Waals surface area contributed by atoms with Gasteiger partial charge < -0.3 is 10.1 Å². The summed E-state index contributed by atoms with van der Waals surface area (Å²) in [4.78, 5) is 25.1. The summed E-state index contributed by atoms with van der Waals surface area (Å²) in [6.45, 7) is 7.24. The summed E-state index contributed by atoms with van der Waals surface area (Å²) in [7, 11) is 0. The molecular weight excluding hydrogens is 472 g/mol. The van der Waals surface area contributed by atoms with Crippen LogP contribution in [0.15, 0.2) is 42.5 Å². The van der Waals surface area contributed by atoms with Gasteiger partial charge in [-0.2, -0.15) is 5.26 Å². The van der Waals surface area contributed by atoms with Crippen LogP contribution >= 0.6 is 15.9 Å². The van der Waals surface area contributed by atoms with E-state index in [4.69, 9.17) is 10.00 Å². The quantitative estimate of drug-likeness (QED) is 0.265. The normalized spacial score (nSPS) is 10.8. The summed E-state index contributed by atoms with van der Waals surface area (Å²) in [6.07, 6.45) is 1.44. The molecule has 0 spiro atoms. The maximum Gasteiger partial charge on any atom is 0.426 e. The number of nitrogens with zero attached hydrogens (tertiary/aromatic N) is 2. The van der Waals surface area contributed by atoms with Crippen molar-refractivity contribution in [2.75, 3.05) is 15.7 Å². The van der Waals surface area contributed by atoms with Crippen LogP contribution in [-0.4, -0.2) is 22.9 Å². The molecule has 0 unspecified atom stereocenters. The fraction of sp³-hybridized carbons (Fsp3) is 0.375. The third-order valence-electron chi connectivity index (χ3n) is 4.38. The molecule has 0 radical (unpaired) electrons. The average Bonchev–Trinajstić information content (AvgIpc) is 2.72. The number of nitrogens with one attached hydrogen (secondary N) is 2. The molecule has 2 aromatic rings. The largest absolute Gasteiger partial charge is 0.443 e. The number of nitriles is 1. The lowest BCUT2D eigenvalue weighted by Crippen LogP contribution is -2.43. The summed E-state index contributed by atoms with van der Waals surface area (Å²) in [5.41, 5.74) is 5.22. The van der Waals surface area contributed by atoms with Gasteiger partial charge in [0.2, 0.25) is 5.91 Å². The highest BCUT2D eigenvalue weighted by Gasteiger charge is 2.23. The maximum absolute atomic E-state index is 12.6. The molecule has 0 atom stereocenters. The molecule has 0 aromatic heterocycles. The predicted molar refractivity (Wildman–Crippen MR) is 130 cm³/mol. The number of amides is 2. The summed E-state index contributed by atoms with van der Waals surface area (Å²) in [6, 6.07) is 14.4. The van der Waals surface area contributed by atoms with Gasteiger partial charge in [0.1, 0.15) is 5.60 Å². The Morgan fingerprint density at radius 1 is 1.12 bits per heavy atom. The smallest absolute Gasteiger partial charge is 0.426 e. The Bertz CT molecular complexity index is 978. The second-order valence-electron chi connectivity index (χ2n) is 8.27. The standard InChI is InChI=1S/C24H29BrN4O3/c1-17-8-7-9-20(27-21(30)10-5-6-15-25)22(17)29(28-23(31)32-24(2,3)4)19-13-11-18(16-26)12-14-19/h7-9,11-14H,5-6,10,15H2,1-4H3,(H,27,30)(H,28,31). The molecule has 2 rings (SSSR count). The van der Waals surface area contributed by atoms with Gasteiger partial charge in [-0.3, -0.25) is 4.79 Å². The molecule has 0 aliphatic heterocycles. The minimum atomic E-state index is -0.682. The number of rotatable bonds is 8. The molecule has 2 aromatic carbocycles. The lowest BCUT2D eigenvalue weighted by molar-refractivity contribution is -0.116. The number of carbonyl (C=O) groups is 2. The number of unbranched alkanes of at least 4 members (excludes halogenated alkanes) is 1. The third-order valence-corrected chi connectivity index (χ3v) is 4.94. The summed E-state index contributed by atoms with van der Waals surface area (Å²) < 4.78 is 5.45. The van der Waals surface area contributed by atoms with Crippen LogP contribution in [0.1, 0.15) is 51.2 Å². The van der Waals surface area contributed by atoms with E-state index < -0.39 is 11.7 Å². The average molecular weight is 501 g/mol. The molecule has 2 amide bonds. The number of carbonyl (C=O) groups excluding carboxylic acids is 2. The van der Waals surface area contributed by atoms with E-state index in [2.05, 4.69) is 32.7 Å². The van der Waals surface area contributed by atoms with Crippen LogP contribution in [0.2, 0.25) is 0 Å². The molecule has 7 nitrogen and oxygen atoms in total. The SMILES string of the molecule is Cc1cccc(NC(=O)CCCCBr)c1N(NC(=O)OC(C)(C)C)c1ccc(C#N)cc1. The van der Waals surface area contributed by atoms with Gasteiger partial charge in [0.25, 0.3) is 0 Å². The maximum atomic E-state index is 12.6. The van der Waals surface area contributed by atoms with Crippen molar-refractivity contribution in [1.82, 2.24) is 5.43 Å². The van der Waals surface area contributed by atoms with Gasteiger partial charge in [0, 0.05) is 11.8 Å². The van der Waals surface area contributed by atoms with E-state index in [1.165, 1.54) is 0 Å². The number of para-hydroxylation sites is 1. The van der Waals surface area contributed by atoms with E-state index in [1.54, 1.807) is 56.1 Å². The minimum Gasteiger partial charge on any atom is -0.443 e. The fourth-order valence-corrected chi connectivity index (χ4v) is 3.37. The monoisotopic (exact) mass is 500 g/mol. The van der Waals surface area contributed by atoms with Crippen molar-refractivity contribution in [3.8, 4) is 6.07 Å². The van der Waals surface area contributed by atoms with Gasteiger partial charge in [0.15, 0.2) is 0 Å². The van der Waals surface area contributed by atoms with Crippen molar-refractivity contribution >= 4 is 45.0 Å². The Morgan fingerprint density at radius 3 is 2.41 bits per heavy atom. The number of hydrogen-bond acceptors (Lipinski definition) is 5. The van der Waals surface area contributed by atoms with Crippen LogP contribution in [0.5, 0.6) is 0 Å². The van der Waals surface area contributed by atoms with Crippen LogP contribution in [0.4, 0.5) is 21.9 Å². The van der Waals surface area contributed by atoms with E-state index in [0.717, 1.165) is 23.7 Å². The van der Waals surface area contributed by atoms with E-state index in [0.29, 0.717) is 29.0 Å². The van der Waals surface area contributed by atoms with Crippen molar-refractivity contribution in [2.24, 2.45) is 0 Å². The van der Waals surface area contributed by atoms with Crippen molar-refractivity contribution in [2.45, 2.75) is 52.6 Å². The molecule has 0 saturated carbocycles. The second kappa shape index (κ2) is 11.5. The summed E-state index contributed by atoms with van der Waals surface area (Å²) >= 11 is 3.38. The highest BCUT2D eigenvalue weighted by molar-refractivity contribution is 9.09. The first kappa shape index (κ1) is 25.2. The zero-order valence-electron chi connectivity index (χ0n) is 18.9. The summed E-state index contributed by atoms with van der Waals surface area (Å²) in [5, 5.41) is 14.5. The second-order valence-corrected chi connectivity index (χ2v) is 9.07. The van der Waals surface area contributed by atoms with Gasteiger partial charge in [-0.05, 0) is 76.4 Å². The Balaban J connectivity index is 2.44. The topological polar surface area (TPSA) is 94.5 Å². The van der Waals surface area contributed by atoms with Crippen LogP contribution in [0.25, 0.3) is 0 Å². The van der Waals surface area contributed by atoms with Gasteiger partial charge in [-0.25, -0.2) is 15.2 Å². The molecule has 0 heterocycles. The number of anilines is 3. The molecule has 0 saturated heterocycles. The van der Waals surface area contributed by atoms with Gasteiger partial charge in [-0.1, -0.05) is 28.1 Å². The number of aryl methyl sites for hydroxylation is 1. The molecule has 0 bridgehead atoms. The van der Waals surface area contributed by atoms with Gasteiger partial charge in [-0.15, -0.1) is 0 Å². The first-order valence-electron chi connectivity index (χ1n) is 10.4. The van der Waals surface area contributed by atoms with Crippen LogP contribution in [0.3, 0.4) is 0 Å². The fourth-order valence-electron chi connectivity index (χ4n) is 2.98. The molecule has 170 valence electrons. The highest BCUT2D eigenvalue weighted by atomic mass is 79.9. The molecule has 2 N–H and O–H groups in total. The van der Waals surface area contributed by atoms with E-state index in [9.17, 15) is 9.59 Å². The molecule has 32 heavy (non-hydrogen) atoms. The van der Waals surface area contributed by atoms with Gasteiger partial charge >= 0.3 is 6.09 Å². The van der Waals surface area contributed by atoms with Crippen molar-refractivity contribution in [3.63, 3.8) is 0 Å². The van der Waals surface area contributed by atoms with E-state index in [1.807, 2.05) is 19.1 Å². The van der Waals surface area contributed by atoms with Crippen molar-refractivity contribution in [3.05, 3.63) is 53.6 Å². The lowest BCUT2D eigenvalue weighted by atomic mass is 10.1. The zero-order chi connectivity index (χ0) is 23.7. The Kier molecular flexibility index (Phi) is 9.09.